The maximum absolute atomic E-state index is 5.78. The van der Waals surface area contributed by atoms with E-state index >= 15 is 0 Å². The first-order valence-electron chi connectivity index (χ1n) is 4.97. The average molecular weight is 168 g/mol. The first-order valence-corrected chi connectivity index (χ1v) is 4.97. The fraction of sp³-hybridized carbons (Fsp3) is 0.818. The monoisotopic (exact) mass is 168 g/mol. The topological polar surface area (TPSA) is 9.23 Å². The standard InChI is InChI=1S/C11H20O/c1-4-5-7-11(3)9-10(2)6-8-12-11/h2,4-9H2,1,3H3. The van der Waals surface area contributed by atoms with Gasteiger partial charge in [0.2, 0.25) is 0 Å². The summed E-state index contributed by atoms with van der Waals surface area (Å²) >= 11 is 0. The number of hydrogen-bond acceptors (Lipinski definition) is 1. The van der Waals surface area contributed by atoms with Crippen LogP contribution < -0.4 is 0 Å². The van der Waals surface area contributed by atoms with Gasteiger partial charge < -0.3 is 4.74 Å². The molecule has 1 heterocycles. The van der Waals surface area contributed by atoms with Crippen molar-refractivity contribution in [1.29, 1.82) is 0 Å². The molecule has 0 aromatic rings. The molecule has 1 heteroatoms. The van der Waals surface area contributed by atoms with Crippen molar-refractivity contribution < 1.29 is 4.74 Å². The van der Waals surface area contributed by atoms with Crippen LogP contribution in [0.1, 0.15) is 46.0 Å². The summed E-state index contributed by atoms with van der Waals surface area (Å²) in [5.41, 5.74) is 1.46. The van der Waals surface area contributed by atoms with Gasteiger partial charge in [0, 0.05) is 0 Å². The quantitative estimate of drug-likeness (QED) is 0.587. The molecule has 0 N–H and O–H groups in total. The van der Waals surface area contributed by atoms with E-state index in [4.69, 9.17) is 4.74 Å². The van der Waals surface area contributed by atoms with Crippen molar-refractivity contribution >= 4 is 0 Å². The van der Waals surface area contributed by atoms with Gasteiger partial charge in [0.25, 0.3) is 0 Å². The molecule has 1 unspecified atom stereocenters. The summed E-state index contributed by atoms with van der Waals surface area (Å²) in [7, 11) is 0. The van der Waals surface area contributed by atoms with Crippen LogP contribution >= 0.6 is 0 Å². The zero-order chi connectivity index (χ0) is 9.03. The molecule has 0 radical (unpaired) electrons. The Kier molecular flexibility index (Phi) is 3.33. The summed E-state index contributed by atoms with van der Waals surface area (Å²) in [4.78, 5) is 0. The number of hydrogen-bond donors (Lipinski definition) is 0. The van der Waals surface area contributed by atoms with Gasteiger partial charge in [-0.1, -0.05) is 31.9 Å². The Morgan fingerprint density at radius 3 is 2.92 bits per heavy atom. The summed E-state index contributed by atoms with van der Waals surface area (Å²) in [5, 5.41) is 0. The second-order valence-electron chi connectivity index (χ2n) is 4.08. The highest BCUT2D eigenvalue weighted by Gasteiger charge is 2.28. The summed E-state index contributed by atoms with van der Waals surface area (Å²) in [6.07, 6.45) is 5.83. The molecule has 0 aromatic carbocycles. The molecule has 0 aliphatic carbocycles. The first-order chi connectivity index (χ1) is 5.66. The Balaban J connectivity index is 2.40. The van der Waals surface area contributed by atoms with Crippen LogP contribution in [-0.4, -0.2) is 12.2 Å². The number of ether oxygens (including phenoxy) is 1. The Morgan fingerprint density at radius 2 is 2.33 bits per heavy atom. The van der Waals surface area contributed by atoms with Crippen molar-refractivity contribution in [3.8, 4) is 0 Å². The van der Waals surface area contributed by atoms with E-state index in [0.717, 1.165) is 19.4 Å². The van der Waals surface area contributed by atoms with Crippen LogP contribution in [-0.2, 0) is 4.74 Å². The predicted molar refractivity (Wildman–Crippen MR) is 52.3 cm³/mol. The van der Waals surface area contributed by atoms with E-state index in [1.807, 2.05) is 0 Å². The van der Waals surface area contributed by atoms with Gasteiger partial charge in [0.1, 0.15) is 0 Å². The van der Waals surface area contributed by atoms with Crippen molar-refractivity contribution in [2.75, 3.05) is 6.61 Å². The molecule has 1 fully saturated rings. The minimum absolute atomic E-state index is 0.103. The molecule has 70 valence electrons. The van der Waals surface area contributed by atoms with E-state index in [9.17, 15) is 0 Å². The Hall–Kier alpha value is -0.300. The van der Waals surface area contributed by atoms with Gasteiger partial charge >= 0.3 is 0 Å². The lowest BCUT2D eigenvalue weighted by molar-refractivity contribution is -0.0540. The molecule has 0 spiro atoms. The van der Waals surface area contributed by atoms with Crippen molar-refractivity contribution in [2.45, 2.75) is 51.6 Å². The molecule has 0 aromatic heterocycles. The third kappa shape index (κ3) is 2.63. The van der Waals surface area contributed by atoms with Crippen LogP contribution in [0.3, 0.4) is 0 Å². The third-order valence-electron chi connectivity index (χ3n) is 2.59. The molecular weight excluding hydrogens is 148 g/mol. The zero-order valence-corrected chi connectivity index (χ0v) is 8.36. The van der Waals surface area contributed by atoms with Crippen molar-refractivity contribution in [1.82, 2.24) is 0 Å². The van der Waals surface area contributed by atoms with E-state index in [1.54, 1.807) is 0 Å². The second-order valence-corrected chi connectivity index (χ2v) is 4.08. The van der Waals surface area contributed by atoms with E-state index in [1.165, 1.54) is 24.8 Å². The van der Waals surface area contributed by atoms with Crippen LogP contribution in [0.25, 0.3) is 0 Å². The van der Waals surface area contributed by atoms with Gasteiger partial charge in [-0.2, -0.15) is 0 Å². The van der Waals surface area contributed by atoms with Gasteiger partial charge in [-0.05, 0) is 26.2 Å². The summed E-state index contributed by atoms with van der Waals surface area (Å²) in [6.45, 7) is 9.35. The van der Waals surface area contributed by atoms with Gasteiger partial charge in [0.05, 0.1) is 12.2 Å². The van der Waals surface area contributed by atoms with Gasteiger partial charge in [0.15, 0.2) is 0 Å². The summed E-state index contributed by atoms with van der Waals surface area (Å²) < 4.78 is 5.78. The lowest BCUT2D eigenvalue weighted by Crippen LogP contribution is -2.33. The van der Waals surface area contributed by atoms with E-state index < -0.39 is 0 Å². The van der Waals surface area contributed by atoms with Crippen LogP contribution in [0, 0.1) is 0 Å². The number of rotatable bonds is 3. The predicted octanol–water partition coefficient (Wildman–Crippen LogP) is 3.30. The average Bonchev–Trinajstić information content (AvgIpc) is 2.01. The molecule has 1 rings (SSSR count). The smallest absolute Gasteiger partial charge is 0.0691 e. The summed E-state index contributed by atoms with van der Waals surface area (Å²) in [6, 6.07) is 0. The van der Waals surface area contributed by atoms with Crippen LogP contribution in [0.15, 0.2) is 12.2 Å². The second kappa shape index (κ2) is 4.08. The lowest BCUT2D eigenvalue weighted by Gasteiger charge is -2.35. The van der Waals surface area contributed by atoms with Crippen LogP contribution in [0.2, 0.25) is 0 Å². The molecule has 0 amide bonds. The molecule has 1 atom stereocenters. The molecule has 1 aliphatic rings. The maximum Gasteiger partial charge on any atom is 0.0691 e. The first kappa shape index (κ1) is 9.79. The number of unbranched alkanes of at least 4 members (excludes halogenated alkanes) is 1. The van der Waals surface area contributed by atoms with Crippen molar-refractivity contribution in [2.24, 2.45) is 0 Å². The highest BCUT2D eigenvalue weighted by atomic mass is 16.5. The fourth-order valence-corrected chi connectivity index (χ4v) is 1.82. The fourth-order valence-electron chi connectivity index (χ4n) is 1.82. The van der Waals surface area contributed by atoms with Crippen LogP contribution in [0.5, 0.6) is 0 Å². The molecular formula is C11H20O. The largest absolute Gasteiger partial charge is 0.375 e. The van der Waals surface area contributed by atoms with Crippen molar-refractivity contribution in [3.63, 3.8) is 0 Å². The molecule has 1 aliphatic heterocycles. The minimum atomic E-state index is 0.103. The van der Waals surface area contributed by atoms with Crippen molar-refractivity contribution in [3.05, 3.63) is 12.2 Å². The Bertz CT molecular complexity index is 162. The zero-order valence-electron chi connectivity index (χ0n) is 8.36. The van der Waals surface area contributed by atoms with E-state index in [-0.39, 0.29) is 5.60 Å². The SMILES string of the molecule is C=C1CCOC(C)(CCCC)C1. The van der Waals surface area contributed by atoms with Gasteiger partial charge in [-0.25, -0.2) is 0 Å². The molecule has 1 saturated heterocycles. The molecule has 0 saturated carbocycles. The molecule has 12 heavy (non-hydrogen) atoms. The van der Waals surface area contributed by atoms with Gasteiger partial charge in [-0.15, -0.1) is 0 Å². The Morgan fingerprint density at radius 1 is 1.58 bits per heavy atom. The van der Waals surface area contributed by atoms with E-state index in [2.05, 4.69) is 20.4 Å². The normalized spacial score (nSPS) is 30.7. The highest BCUT2D eigenvalue weighted by Crippen LogP contribution is 2.31. The van der Waals surface area contributed by atoms with Gasteiger partial charge in [-0.3, -0.25) is 0 Å². The minimum Gasteiger partial charge on any atom is -0.375 e. The Labute approximate surface area is 75.8 Å². The highest BCUT2D eigenvalue weighted by molar-refractivity contribution is 5.03. The molecule has 1 nitrogen and oxygen atoms in total. The maximum atomic E-state index is 5.78. The summed E-state index contributed by atoms with van der Waals surface area (Å²) in [5.74, 6) is 0. The lowest BCUT2D eigenvalue weighted by atomic mass is 9.88. The van der Waals surface area contributed by atoms with Crippen LogP contribution in [0.4, 0.5) is 0 Å². The van der Waals surface area contributed by atoms with E-state index in [0.29, 0.717) is 0 Å². The molecule has 0 bridgehead atoms. The third-order valence-corrected chi connectivity index (χ3v) is 2.59.